The summed E-state index contributed by atoms with van der Waals surface area (Å²) in [5, 5.41) is 3.86. The molecule has 0 aromatic heterocycles. The topological polar surface area (TPSA) is 12.0 Å². The summed E-state index contributed by atoms with van der Waals surface area (Å²) in [5.74, 6) is 2.51. The third kappa shape index (κ3) is 4.50. The van der Waals surface area contributed by atoms with Crippen LogP contribution in [0.15, 0.2) is 29.2 Å². The molecule has 0 spiro atoms. The van der Waals surface area contributed by atoms with E-state index in [0.717, 1.165) is 24.3 Å². The fraction of sp³-hybridized carbons (Fsp3) is 0.684. The molecule has 1 aliphatic carbocycles. The summed E-state index contributed by atoms with van der Waals surface area (Å²) < 4.78 is 0. The van der Waals surface area contributed by atoms with Gasteiger partial charge < -0.3 is 5.32 Å². The summed E-state index contributed by atoms with van der Waals surface area (Å²) in [5.41, 5.74) is 1.52. The Hall–Kier alpha value is -0.470. The quantitative estimate of drug-likeness (QED) is 0.694. The molecule has 21 heavy (non-hydrogen) atoms. The predicted octanol–water partition coefficient (Wildman–Crippen LogP) is 5.52. The van der Waals surface area contributed by atoms with Gasteiger partial charge in [-0.3, -0.25) is 0 Å². The van der Waals surface area contributed by atoms with Crippen LogP contribution < -0.4 is 5.32 Å². The number of hydrogen-bond donors (Lipinski definition) is 1. The second kappa shape index (κ2) is 8.24. The Morgan fingerprint density at radius 3 is 2.43 bits per heavy atom. The molecule has 0 saturated heterocycles. The Bertz CT molecular complexity index is 421. The maximum absolute atomic E-state index is 3.86. The Balaban J connectivity index is 2.24. The van der Waals surface area contributed by atoms with Gasteiger partial charge in [0.1, 0.15) is 0 Å². The summed E-state index contributed by atoms with van der Waals surface area (Å²) in [6.45, 7) is 8.24. The van der Waals surface area contributed by atoms with E-state index in [2.05, 4.69) is 56.6 Å². The molecule has 2 rings (SSSR count). The van der Waals surface area contributed by atoms with Crippen LogP contribution in [0.1, 0.15) is 58.1 Å². The lowest BCUT2D eigenvalue weighted by Gasteiger charge is -2.38. The minimum atomic E-state index is 0.527. The monoisotopic (exact) mass is 305 g/mol. The fourth-order valence-corrected chi connectivity index (χ4v) is 4.68. The third-order valence-electron chi connectivity index (χ3n) is 4.77. The molecule has 1 aromatic rings. The van der Waals surface area contributed by atoms with E-state index in [4.69, 9.17) is 0 Å². The fourth-order valence-electron chi connectivity index (χ4n) is 4.04. The Labute approximate surface area is 135 Å². The van der Waals surface area contributed by atoms with Crippen molar-refractivity contribution in [2.24, 2.45) is 17.8 Å². The van der Waals surface area contributed by atoms with E-state index >= 15 is 0 Å². The first-order valence-electron chi connectivity index (χ1n) is 8.52. The van der Waals surface area contributed by atoms with Crippen molar-refractivity contribution in [2.75, 3.05) is 12.8 Å². The summed E-state index contributed by atoms with van der Waals surface area (Å²) in [7, 11) is 0. The molecule has 1 fully saturated rings. The molecule has 3 unspecified atom stereocenters. The summed E-state index contributed by atoms with van der Waals surface area (Å²) >= 11 is 1.88. The van der Waals surface area contributed by atoms with Gasteiger partial charge in [-0.15, -0.1) is 11.8 Å². The van der Waals surface area contributed by atoms with Crippen molar-refractivity contribution in [3.8, 4) is 0 Å². The van der Waals surface area contributed by atoms with E-state index in [-0.39, 0.29) is 0 Å². The molecule has 1 aromatic carbocycles. The van der Waals surface area contributed by atoms with Gasteiger partial charge in [-0.1, -0.05) is 39.0 Å². The number of nitrogens with one attached hydrogen (secondary N) is 1. The second-order valence-corrected chi connectivity index (χ2v) is 7.70. The van der Waals surface area contributed by atoms with Crippen LogP contribution in [-0.4, -0.2) is 12.8 Å². The molecule has 1 aliphatic rings. The van der Waals surface area contributed by atoms with Crippen LogP contribution in [0.2, 0.25) is 0 Å². The van der Waals surface area contributed by atoms with Gasteiger partial charge in [0.2, 0.25) is 0 Å². The molecule has 118 valence electrons. The van der Waals surface area contributed by atoms with Crippen LogP contribution in [0.5, 0.6) is 0 Å². The number of rotatable bonds is 6. The molecule has 2 heteroatoms. The highest BCUT2D eigenvalue weighted by Gasteiger charge is 2.31. The zero-order valence-corrected chi connectivity index (χ0v) is 14.9. The molecular formula is C19H31NS. The largest absolute Gasteiger partial charge is 0.310 e. The summed E-state index contributed by atoms with van der Waals surface area (Å²) in [4.78, 5) is 1.44. The highest BCUT2D eigenvalue weighted by atomic mass is 32.2. The van der Waals surface area contributed by atoms with Crippen molar-refractivity contribution < 1.29 is 0 Å². The van der Waals surface area contributed by atoms with Crippen LogP contribution in [0.25, 0.3) is 0 Å². The van der Waals surface area contributed by atoms with Gasteiger partial charge in [-0.2, -0.15) is 0 Å². The Kier molecular flexibility index (Phi) is 6.63. The maximum Gasteiger partial charge on any atom is 0.0359 e. The number of benzene rings is 1. The van der Waals surface area contributed by atoms with Crippen LogP contribution in [-0.2, 0) is 0 Å². The predicted molar refractivity (Wildman–Crippen MR) is 94.9 cm³/mol. The highest BCUT2D eigenvalue weighted by molar-refractivity contribution is 7.98. The molecule has 3 atom stereocenters. The van der Waals surface area contributed by atoms with Gasteiger partial charge in [0, 0.05) is 10.9 Å². The highest BCUT2D eigenvalue weighted by Crippen LogP contribution is 2.41. The lowest BCUT2D eigenvalue weighted by atomic mass is 9.72. The molecule has 0 heterocycles. The van der Waals surface area contributed by atoms with Gasteiger partial charge in [0.15, 0.2) is 0 Å². The van der Waals surface area contributed by atoms with Crippen molar-refractivity contribution in [2.45, 2.75) is 57.4 Å². The number of hydrogen-bond acceptors (Lipinski definition) is 2. The van der Waals surface area contributed by atoms with E-state index in [1.54, 1.807) is 0 Å². The van der Waals surface area contributed by atoms with E-state index in [9.17, 15) is 0 Å². The number of thioether (sulfide) groups is 1. The first-order chi connectivity index (χ1) is 10.2. The average molecular weight is 306 g/mol. The van der Waals surface area contributed by atoms with Gasteiger partial charge in [-0.25, -0.2) is 0 Å². The van der Waals surface area contributed by atoms with Crippen LogP contribution >= 0.6 is 11.8 Å². The van der Waals surface area contributed by atoms with E-state index in [1.807, 2.05) is 11.8 Å². The molecular weight excluding hydrogens is 274 g/mol. The molecule has 0 bridgehead atoms. The molecule has 1 saturated carbocycles. The lowest BCUT2D eigenvalue weighted by molar-refractivity contribution is 0.175. The molecule has 0 amide bonds. The Morgan fingerprint density at radius 2 is 1.81 bits per heavy atom. The summed E-state index contributed by atoms with van der Waals surface area (Å²) in [6, 6.07) is 9.50. The first kappa shape index (κ1) is 16.9. The van der Waals surface area contributed by atoms with Crippen molar-refractivity contribution in [3.63, 3.8) is 0 Å². The zero-order chi connectivity index (χ0) is 15.2. The molecule has 1 nitrogen and oxygen atoms in total. The first-order valence-corrected chi connectivity index (χ1v) is 9.74. The normalized spacial score (nSPS) is 27.5. The van der Waals surface area contributed by atoms with Crippen molar-refractivity contribution in [3.05, 3.63) is 29.8 Å². The maximum atomic E-state index is 3.86. The van der Waals surface area contributed by atoms with Crippen molar-refractivity contribution in [1.82, 2.24) is 5.32 Å². The molecule has 1 N–H and O–H groups in total. The molecule has 0 radical (unpaired) electrons. The third-order valence-corrected chi connectivity index (χ3v) is 5.59. The summed E-state index contributed by atoms with van der Waals surface area (Å²) in [6.07, 6.45) is 7.54. The van der Waals surface area contributed by atoms with Crippen molar-refractivity contribution in [1.29, 1.82) is 0 Å². The minimum Gasteiger partial charge on any atom is -0.310 e. The average Bonchev–Trinajstić information content (AvgIpc) is 2.47. The Morgan fingerprint density at radius 1 is 1.14 bits per heavy atom. The second-order valence-electron chi connectivity index (χ2n) is 6.85. The van der Waals surface area contributed by atoms with Gasteiger partial charge in [0.25, 0.3) is 0 Å². The van der Waals surface area contributed by atoms with E-state index < -0.39 is 0 Å². The minimum absolute atomic E-state index is 0.527. The molecule has 0 aliphatic heterocycles. The van der Waals surface area contributed by atoms with E-state index in [1.165, 1.54) is 36.1 Å². The van der Waals surface area contributed by atoms with Crippen LogP contribution in [0.3, 0.4) is 0 Å². The lowest BCUT2D eigenvalue weighted by Crippen LogP contribution is -2.34. The van der Waals surface area contributed by atoms with Crippen molar-refractivity contribution >= 4 is 11.8 Å². The van der Waals surface area contributed by atoms with Crippen LogP contribution in [0.4, 0.5) is 0 Å². The van der Waals surface area contributed by atoms with Gasteiger partial charge >= 0.3 is 0 Å². The van der Waals surface area contributed by atoms with Gasteiger partial charge in [0.05, 0.1) is 0 Å². The van der Waals surface area contributed by atoms with Crippen LogP contribution in [0, 0.1) is 17.8 Å². The van der Waals surface area contributed by atoms with Gasteiger partial charge in [-0.05, 0) is 67.9 Å². The SMILES string of the molecule is CCCNC(c1ccccc1SC)C1CC(C)CC(C)C1. The smallest absolute Gasteiger partial charge is 0.0359 e. The standard InChI is InChI=1S/C19H31NS/c1-5-10-20-19(16-12-14(2)11-15(3)13-16)17-8-6-7-9-18(17)21-4/h6-9,14-16,19-20H,5,10-13H2,1-4H3. The zero-order valence-electron chi connectivity index (χ0n) is 14.1. The van der Waals surface area contributed by atoms with E-state index in [0.29, 0.717) is 6.04 Å².